The fourth-order valence-corrected chi connectivity index (χ4v) is 1.43. The van der Waals surface area contributed by atoms with Crippen LogP contribution in [0.5, 0.6) is 11.5 Å². The number of carbonyl (C=O) groups is 1. The number of hydrogen-bond donors (Lipinski definition) is 1. The molecule has 1 rings (SSSR count). The molecule has 0 aliphatic rings. The van der Waals surface area contributed by atoms with Crippen LogP contribution in [0, 0.1) is 0 Å². The highest BCUT2D eigenvalue weighted by Gasteiger charge is 2.10. The summed E-state index contributed by atoms with van der Waals surface area (Å²) in [5, 5.41) is 2.82. The van der Waals surface area contributed by atoms with E-state index in [2.05, 4.69) is 5.32 Å². The van der Waals surface area contributed by atoms with Crippen molar-refractivity contribution < 1.29 is 14.3 Å². The van der Waals surface area contributed by atoms with E-state index in [0.717, 1.165) is 6.42 Å². The first-order valence-corrected chi connectivity index (χ1v) is 5.82. The molecule has 17 heavy (non-hydrogen) atoms. The highest BCUT2D eigenvalue weighted by Crippen LogP contribution is 2.27. The van der Waals surface area contributed by atoms with Gasteiger partial charge in [0, 0.05) is 12.1 Å². The van der Waals surface area contributed by atoms with Gasteiger partial charge in [-0.25, -0.2) is 0 Å². The molecule has 0 saturated heterocycles. The van der Waals surface area contributed by atoms with E-state index in [9.17, 15) is 4.79 Å². The Morgan fingerprint density at radius 3 is 2.65 bits per heavy atom. The number of amides is 1. The molecule has 0 unspecified atom stereocenters. The van der Waals surface area contributed by atoms with E-state index in [-0.39, 0.29) is 5.91 Å². The van der Waals surface area contributed by atoms with Gasteiger partial charge in [0.15, 0.2) is 11.5 Å². The summed E-state index contributed by atoms with van der Waals surface area (Å²) in [6.45, 7) is 5.12. The van der Waals surface area contributed by atoms with Crippen molar-refractivity contribution in [3.63, 3.8) is 0 Å². The zero-order chi connectivity index (χ0) is 12.7. The molecule has 0 atom stereocenters. The molecule has 0 spiro atoms. The van der Waals surface area contributed by atoms with E-state index in [1.807, 2.05) is 13.8 Å². The van der Waals surface area contributed by atoms with Crippen LogP contribution in [0.1, 0.15) is 30.6 Å². The molecule has 1 amide bonds. The van der Waals surface area contributed by atoms with Crippen LogP contribution in [0.3, 0.4) is 0 Å². The topological polar surface area (TPSA) is 47.6 Å². The lowest BCUT2D eigenvalue weighted by molar-refractivity contribution is 0.0953. The van der Waals surface area contributed by atoms with Crippen LogP contribution in [-0.4, -0.2) is 26.2 Å². The van der Waals surface area contributed by atoms with Crippen molar-refractivity contribution in [2.75, 3.05) is 20.3 Å². The number of benzene rings is 1. The summed E-state index contributed by atoms with van der Waals surface area (Å²) in [5.41, 5.74) is 0.586. The Bertz CT molecular complexity index is 377. The maximum atomic E-state index is 11.8. The Hall–Kier alpha value is -1.71. The summed E-state index contributed by atoms with van der Waals surface area (Å²) in [6, 6.07) is 5.17. The summed E-state index contributed by atoms with van der Waals surface area (Å²) in [6.07, 6.45) is 0.917. The highest BCUT2D eigenvalue weighted by molar-refractivity contribution is 5.94. The second-order valence-corrected chi connectivity index (χ2v) is 3.55. The number of nitrogens with one attached hydrogen (secondary N) is 1. The largest absolute Gasteiger partial charge is 0.493 e. The van der Waals surface area contributed by atoms with E-state index in [1.165, 1.54) is 0 Å². The van der Waals surface area contributed by atoms with Gasteiger partial charge >= 0.3 is 0 Å². The first-order chi connectivity index (χ1) is 8.22. The molecule has 0 fully saturated rings. The number of carbonyl (C=O) groups excluding carboxylic acids is 1. The van der Waals surface area contributed by atoms with Crippen molar-refractivity contribution in [3.8, 4) is 11.5 Å². The molecule has 0 aliphatic carbocycles. The monoisotopic (exact) mass is 237 g/mol. The van der Waals surface area contributed by atoms with Gasteiger partial charge in [0.2, 0.25) is 0 Å². The zero-order valence-electron chi connectivity index (χ0n) is 10.6. The normalized spacial score (nSPS) is 9.82. The third kappa shape index (κ3) is 3.66. The lowest BCUT2D eigenvalue weighted by Crippen LogP contribution is -2.23. The van der Waals surface area contributed by atoms with E-state index >= 15 is 0 Å². The molecule has 0 saturated carbocycles. The van der Waals surface area contributed by atoms with Crippen molar-refractivity contribution in [3.05, 3.63) is 23.8 Å². The minimum Gasteiger partial charge on any atom is -0.493 e. The van der Waals surface area contributed by atoms with Crippen molar-refractivity contribution in [2.45, 2.75) is 20.3 Å². The first kappa shape index (κ1) is 13.4. The number of hydrogen-bond acceptors (Lipinski definition) is 3. The molecule has 1 N–H and O–H groups in total. The lowest BCUT2D eigenvalue weighted by atomic mass is 10.2. The smallest absolute Gasteiger partial charge is 0.251 e. The molecule has 4 heteroatoms. The highest BCUT2D eigenvalue weighted by atomic mass is 16.5. The SMILES string of the molecule is CCCNC(=O)c1ccc(OC)c(OCC)c1. The van der Waals surface area contributed by atoms with E-state index in [4.69, 9.17) is 9.47 Å². The van der Waals surface area contributed by atoms with Gasteiger partial charge in [-0.15, -0.1) is 0 Å². The summed E-state index contributed by atoms with van der Waals surface area (Å²) in [4.78, 5) is 11.8. The Labute approximate surface area is 102 Å². The maximum Gasteiger partial charge on any atom is 0.251 e. The number of rotatable bonds is 6. The van der Waals surface area contributed by atoms with Crippen molar-refractivity contribution in [1.29, 1.82) is 0 Å². The molecule has 94 valence electrons. The lowest BCUT2D eigenvalue weighted by Gasteiger charge is -2.11. The molecule has 0 radical (unpaired) electrons. The molecule has 4 nitrogen and oxygen atoms in total. The molecule has 1 aromatic carbocycles. The zero-order valence-corrected chi connectivity index (χ0v) is 10.6. The van der Waals surface area contributed by atoms with Crippen LogP contribution in [0.4, 0.5) is 0 Å². The molecular weight excluding hydrogens is 218 g/mol. The third-order valence-corrected chi connectivity index (χ3v) is 2.26. The van der Waals surface area contributed by atoms with Crippen LogP contribution in [-0.2, 0) is 0 Å². The molecular formula is C13H19NO3. The minimum absolute atomic E-state index is 0.0875. The van der Waals surface area contributed by atoms with Gasteiger partial charge in [-0.05, 0) is 31.5 Å². The van der Waals surface area contributed by atoms with Crippen LogP contribution in [0.25, 0.3) is 0 Å². The van der Waals surface area contributed by atoms with Crippen LogP contribution in [0.2, 0.25) is 0 Å². The van der Waals surface area contributed by atoms with Crippen LogP contribution >= 0.6 is 0 Å². The van der Waals surface area contributed by atoms with Gasteiger partial charge in [-0.2, -0.15) is 0 Å². The molecule has 0 heterocycles. The Balaban J connectivity index is 2.87. The maximum absolute atomic E-state index is 11.8. The second kappa shape index (κ2) is 6.78. The fraction of sp³-hybridized carbons (Fsp3) is 0.462. The van der Waals surface area contributed by atoms with E-state index < -0.39 is 0 Å². The summed E-state index contributed by atoms with van der Waals surface area (Å²) < 4.78 is 10.6. The molecule has 0 bridgehead atoms. The number of methoxy groups -OCH3 is 1. The van der Waals surface area contributed by atoms with Gasteiger partial charge in [0.25, 0.3) is 5.91 Å². The van der Waals surface area contributed by atoms with Gasteiger partial charge in [-0.1, -0.05) is 6.92 Å². The van der Waals surface area contributed by atoms with Gasteiger partial charge < -0.3 is 14.8 Å². The Morgan fingerprint density at radius 2 is 2.06 bits per heavy atom. The summed E-state index contributed by atoms with van der Waals surface area (Å²) in [5.74, 6) is 1.15. The molecule has 0 aromatic heterocycles. The fourth-order valence-electron chi connectivity index (χ4n) is 1.43. The standard InChI is InChI=1S/C13H19NO3/c1-4-8-14-13(15)10-6-7-11(16-3)12(9-10)17-5-2/h6-7,9H,4-5,8H2,1-3H3,(H,14,15). The first-order valence-electron chi connectivity index (χ1n) is 5.82. The molecule has 1 aromatic rings. The quantitative estimate of drug-likeness (QED) is 0.825. The van der Waals surface area contributed by atoms with Crippen molar-refractivity contribution >= 4 is 5.91 Å². The average Bonchev–Trinajstić information content (AvgIpc) is 2.36. The predicted molar refractivity (Wildman–Crippen MR) is 66.8 cm³/mol. The van der Waals surface area contributed by atoms with Gasteiger partial charge in [0.1, 0.15) is 0 Å². The average molecular weight is 237 g/mol. The molecule has 0 aliphatic heterocycles. The van der Waals surface area contributed by atoms with Crippen molar-refractivity contribution in [2.24, 2.45) is 0 Å². The van der Waals surface area contributed by atoms with E-state index in [0.29, 0.717) is 30.2 Å². The van der Waals surface area contributed by atoms with E-state index in [1.54, 1.807) is 25.3 Å². The van der Waals surface area contributed by atoms with Crippen LogP contribution < -0.4 is 14.8 Å². The summed E-state index contributed by atoms with van der Waals surface area (Å²) >= 11 is 0. The second-order valence-electron chi connectivity index (χ2n) is 3.55. The number of ether oxygens (including phenoxy) is 2. The Morgan fingerprint density at radius 1 is 1.29 bits per heavy atom. The minimum atomic E-state index is -0.0875. The van der Waals surface area contributed by atoms with Crippen molar-refractivity contribution in [1.82, 2.24) is 5.32 Å². The van der Waals surface area contributed by atoms with Crippen LogP contribution in [0.15, 0.2) is 18.2 Å². The summed E-state index contributed by atoms with van der Waals surface area (Å²) in [7, 11) is 1.58. The predicted octanol–water partition coefficient (Wildman–Crippen LogP) is 2.23. The van der Waals surface area contributed by atoms with Gasteiger partial charge in [-0.3, -0.25) is 4.79 Å². The Kier molecular flexibility index (Phi) is 5.33. The third-order valence-electron chi connectivity index (χ3n) is 2.26. The van der Waals surface area contributed by atoms with Gasteiger partial charge in [0.05, 0.1) is 13.7 Å².